The van der Waals surface area contributed by atoms with Gasteiger partial charge < -0.3 is 9.73 Å². The third kappa shape index (κ3) is 1.68. The maximum absolute atomic E-state index is 5.76. The predicted octanol–water partition coefficient (Wildman–Crippen LogP) is 3.01. The molecule has 1 saturated heterocycles. The van der Waals surface area contributed by atoms with E-state index in [0.717, 1.165) is 34.4 Å². The largest absolute Gasteiger partial charge is 0.458 e. The minimum Gasteiger partial charge on any atom is -0.458 e. The van der Waals surface area contributed by atoms with Crippen molar-refractivity contribution in [2.24, 2.45) is 0 Å². The van der Waals surface area contributed by atoms with Crippen molar-refractivity contribution in [3.8, 4) is 0 Å². The molecule has 3 rings (SSSR count). The lowest BCUT2D eigenvalue weighted by molar-refractivity contribution is 0.471. The van der Waals surface area contributed by atoms with Gasteiger partial charge in [0, 0.05) is 6.07 Å². The quantitative estimate of drug-likeness (QED) is 0.807. The molecule has 0 radical (unpaired) electrons. The van der Waals surface area contributed by atoms with Crippen LogP contribution in [-0.2, 0) is 0 Å². The molecule has 1 aliphatic rings. The van der Waals surface area contributed by atoms with Gasteiger partial charge in [0.25, 0.3) is 0 Å². The minimum atomic E-state index is 0.373. The Labute approximate surface area is 96.0 Å². The van der Waals surface area contributed by atoms with Crippen LogP contribution in [0.3, 0.4) is 0 Å². The molecule has 0 spiro atoms. The number of nitrogens with one attached hydrogen (secondary N) is 1. The highest BCUT2D eigenvalue weighted by Gasteiger charge is 2.20. The van der Waals surface area contributed by atoms with Gasteiger partial charge in [0.1, 0.15) is 15.9 Å². The first-order valence-electron chi connectivity index (χ1n) is 5.12. The van der Waals surface area contributed by atoms with Gasteiger partial charge in [-0.1, -0.05) is 0 Å². The molecule has 0 bridgehead atoms. The van der Waals surface area contributed by atoms with E-state index < -0.39 is 0 Å². The van der Waals surface area contributed by atoms with Crippen LogP contribution in [0, 0.1) is 0 Å². The van der Waals surface area contributed by atoms with Crippen molar-refractivity contribution in [2.75, 3.05) is 6.54 Å². The molecule has 0 aromatic carbocycles. The van der Waals surface area contributed by atoms with Crippen LogP contribution < -0.4 is 5.32 Å². The second kappa shape index (κ2) is 3.61. The van der Waals surface area contributed by atoms with Crippen molar-refractivity contribution < 1.29 is 4.42 Å². The average molecular weight is 267 g/mol. The molecule has 2 aromatic heterocycles. The number of hydrogen-bond donors (Lipinski definition) is 1. The fourth-order valence-electron chi connectivity index (χ4n) is 2.02. The molecule has 1 unspecified atom stereocenters. The molecule has 1 aliphatic heterocycles. The van der Waals surface area contributed by atoms with Crippen LogP contribution in [0.15, 0.2) is 27.2 Å². The fraction of sp³-hybridized carbons (Fsp3) is 0.364. The molecule has 0 aliphatic carbocycles. The molecular weight excluding hydrogens is 256 g/mol. The van der Waals surface area contributed by atoms with Gasteiger partial charge in [0.15, 0.2) is 5.58 Å². The summed E-state index contributed by atoms with van der Waals surface area (Å²) >= 11 is 3.36. The highest BCUT2D eigenvalue weighted by atomic mass is 79.9. The summed E-state index contributed by atoms with van der Waals surface area (Å²) in [5.74, 6) is 1.01. The summed E-state index contributed by atoms with van der Waals surface area (Å²) < 4.78 is 6.61. The van der Waals surface area contributed by atoms with Crippen LogP contribution >= 0.6 is 15.9 Å². The van der Waals surface area contributed by atoms with Crippen molar-refractivity contribution in [1.29, 1.82) is 0 Å². The van der Waals surface area contributed by atoms with E-state index >= 15 is 0 Å². The predicted molar refractivity (Wildman–Crippen MR) is 61.7 cm³/mol. The van der Waals surface area contributed by atoms with Gasteiger partial charge in [-0.2, -0.15) is 0 Å². The van der Waals surface area contributed by atoms with Crippen LogP contribution in [0.5, 0.6) is 0 Å². The smallest absolute Gasteiger partial charge is 0.152 e. The van der Waals surface area contributed by atoms with E-state index in [1.165, 1.54) is 6.42 Å². The molecule has 2 aromatic rings. The summed E-state index contributed by atoms with van der Waals surface area (Å²) in [6.45, 7) is 1.08. The highest BCUT2D eigenvalue weighted by molar-refractivity contribution is 9.10. The molecule has 3 heterocycles. The maximum atomic E-state index is 5.76. The van der Waals surface area contributed by atoms with E-state index in [1.807, 2.05) is 18.2 Å². The van der Waals surface area contributed by atoms with Crippen molar-refractivity contribution >= 4 is 27.0 Å². The Kier molecular flexibility index (Phi) is 2.25. The normalized spacial score (nSPS) is 21.3. The lowest BCUT2D eigenvalue weighted by atomic mass is 10.2. The minimum absolute atomic E-state index is 0.373. The van der Waals surface area contributed by atoms with E-state index in [1.54, 1.807) is 0 Å². The number of hydrogen-bond acceptors (Lipinski definition) is 3. The Morgan fingerprint density at radius 1 is 1.47 bits per heavy atom. The lowest BCUT2D eigenvalue weighted by Gasteiger charge is -2.04. The van der Waals surface area contributed by atoms with Crippen LogP contribution in [0.2, 0.25) is 0 Å². The van der Waals surface area contributed by atoms with Crippen molar-refractivity contribution in [3.05, 3.63) is 28.6 Å². The van der Waals surface area contributed by atoms with E-state index in [-0.39, 0.29) is 0 Å². The third-order valence-electron chi connectivity index (χ3n) is 2.76. The molecule has 0 amide bonds. The molecule has 1 N–H and O–H groups in total. The maximum Gasteiger partial charge on any atom is 0.152 e. The van der Waals surface area contributed by atoms with E-state index in [9.17, 15) is 0 Å². The first kappa shape index (κ1) is 9.36. The SMILES string of the molecule is Brc1ccc2oc(C3CCCN3)cc2n1. The molecular formula is C11H11BrN2O. The average Bonchev–Trinajstić information content (AvgIpc) is 2.84. The topological polar surface area (TPSA) is 38.1 Å². The highest BCUT2D eigenvalue weighted by Crippen LogP contribution is 2.28. The Morgan fingerprint density at radius 3 is 3.20 bits per heavy atom. The van der Waals surface area contributed by atoms with Crippen LogP contribution in [0.1, 0.15) is 24.6 Å². The number of furan rings is 1. The summed E-state index contributed by atoms with van der Waals surface area (Å²) in [6, 6.07) is 6.25. The number of aromatic nitrogens is 1. The van der Waals surface area contributed by atoms with Gasteiger partial charge in [-0.05, 0) is 47.4 Å². The monoisotopic (exact) mass is 266 g/mol. The van der Waals surface area contributed by atoms with E-state index in [2.05, 4.69) is 26.2 Å². The fourth-order valence-corrected chi connectivity index (χ4v) is 2.34. The van der Waals surface area contributed by atoms with Gasteiger partial charge in [0.2, 0.25) is 0 Å². The Hall–Kier alpha value is -0.870. The van der Waals surface area contributed by atoms with Gasteiger partial charge >= 0.3 is 0 Å². The summed E-state index contributed by atoms with van der Waals surface area (Å²) in [7, 11) is 0. The Bertz CT molecular complexity index is 488. The van der Waals surface area contributed by atoms with Gasteiger partial charge in [-0.15, -0.1) is 0 Å². The number of halogens is 1. The molecule has 1 atom stereocenters. The van der Waals surface area contributed by atoms with E-state index in [4.69, 9.17) is 4.42 Å². The second-order valence-electron chi connectivity index (χ2n) is 3.82. The summed E-state index contributed by atoms with van der Waals surface area (Å²) in [5.41, 5.74) is 1.79. The zero-order chi connectivity index (χ0) is 10.3. The molecule has 1 fully saturated rings. The zero-order valence-electron chi connectivity index (χ0n) is 8.16. The lowest BCUT2D eigenvalue weighted by Crippen LogP contribution is -2.11. The van der Waals surface area contributed by atoms with E-state index in [0.29, 0.717) is 6.04 Å². The number of fused-ring (bicyclic) bond motifs is 1. The summed E-state index contributed by atoms with van der Waals surface area (Å²) in [5, 5.41) is 3.42. The molecule has 4 heteroatoms. The Morgan fingerprint density at radius 2 is 2.40 bits per heavy atom. The zero-order valence-corrected chi connectivity index (χ0v) is 9.75. The first-order chi connectivity index (χ1) is 7.33. The number of pyridine rings is 1. The van der Waals surface area contributed by atoms with Crippen LogP contribution in [0.25, 0.3) is 11.1 Å². The first-order valence-corrected chi connectivity index (χ1v) is 5.91. The number of rotatable bonds is 1. The molecule has 78 valence electrons. The van der Waals surface area contributed by atoms with Crippen molar-refractivity contribution in [2.45, 2.75) is 18.9 Å². The molecule has 0 saturated carbocycles. The second-order valence-corrected chi connectivity index (χ2v) is 4.63. The van der Waals surface area contributed by atoms with Crippen LogP contribution in [-0.4, -0.2) is 11.5 Å². The van der Waals surface area contributed by atoms with Crippen molar-refractivity contribution in [3.63, 3.8) is 0 Å². The summed E-state index contributed by atoms with van der Waals surface area (Å²) in [6.07, 6.45) is 2.37. The summed E-state index contributed by atoms with van der Waals surface area (Å²) in [4.78, 5) is 4.36. The van der Waals surface area contributed by atoms with Crippen molar-refractivity contribution in [1.82, 2.24) is 10.3 Å². The third-order valence-corrected chi connectivity index (χ3v) is 3.20. The Balaban J connectivity index is 2.05. The van der Waals surface area contributed by atoms with Crippen LogP contribution in [0.4, 0.5) is 0 Å². The van der Waals surface area contributed by atoms with Gasteiger partial charge in [-0.25, -0.2) is 4.98 Å². The van der Waals surface area contributed by atoms with Gasteiger partial charge in [0.05, 0.1) is 6.04 Å². The standard InChI is InChI=1S/C11H11BrN2O/c12-11-4-3-9-8(14-11)6-10(15-9)7-2-1-5-13-7/h3-4,6-7,13H,1-2,5H2. The molecule has 3 nitrogen and oxygen atoms in total. The number of nitrogens with zero attached hydrogens (tertiary/aromatic N) is 1. The molecule has 15 heavy (non-hydrogen) atoms. The van der Waals surface area contributed by atoms with Gasteiger partial charge in [-0.3, -0.25) is 0 Å².